The molecule has 24 heavy (non-hydrogen) atoms. The van der Waals surface area contributed by atoms with E-state index in [-0.39, 0.29) is 0 Å². The van der Waals surface area contributed by atoms with Crippen LogP contribution < -0.4 is 0 Å². The second-order valence-electron chi connectivity index (χ2n) is 6.25. The highest BCUT2D eigenvalue weighted by molar-refractivity contribution is 5.27. The average Bonchev–Trinajstić information content (AvgIpc) is 2.57. The normalized spacial score (nSPS) is 10.8. The molecule has 0 unspecified atom stereocenters. The topological polar surface area (TPSA) is 51.6 Å². The highest BCUT2D eigenvalue weighted by Crippen LogP contribution is 2.13. The van der Waals surface area contributed by atoms with Crippen LogP contribution in [-0.4, -0.2) is 19.9 Å². The monoisotopic (exact) mass is 318 g/mol. The summed E-state index contributed by atoms with van der Waals surface area (Å²) in [6.07, 6.45) is 10.3. The van der Waals surface area contributed by atoms with Gasteiger partial charge in [-0.15, -0.1) is 0 Å². The summed E-state index contributed by atoms with van der Waals surface area (Å²) < 4.78 is 0. The molecule has 0 amide bonds. The molecule has 0 saturated heterocycles. The first-order valence-corrected chi connectivity index (χ1v) is 8.23. The number of hydrogen-bond acceptors (Lipinski definition) is 4. The van der Waals surface area contributed by atoms with Crippen LogP contribution in [0.25, 0.3) is 0 Å². The van der Waals surface area contributed by atoms with Gasteiger partial charge in [-0.1, -0.05) is 6.07 Å². The van der Waals surface area contributed by atoms with Crippen molar-refractivity contribution in [2.75, 3.05) is 0 Å². The van der Waals surface area contributed by atoms with Crippen LogP contribution in [0.15, 0.2) is 43.0 Å². The largest absolute Gasteiger partial charge is 0.264 e. The Bertz CT molecular complexity index is 843. The summed E-state index contributed by atoms with van der Waals surface area (Å²) >= 11 is 0. The maximum Gasteiger partial charge on any atom is 0.125 e. The van der Waals surface area contributed by atoms with E-state index in [1.807, 2.05) is 37.8 Å². The standard InChI is InChI=1S/C20H22N4/c1-14-6-7-22-19(8-14)5-4-17-9-18(13-21-12-17)10-20-15(2)11-23-16(3)24-20/h6-9,11-13H,4-5,10H2,1-3H3. The molecule has 0 spiro atoms. The first-order chi connectivity index (χ1) is 11.6. The minimum Gasteiger partial charge on any atom is -0.264 e. The first-order valence-electron chi connectivity index (χ1n) is 8.23. The molecule has 0 radical (unpaired) electrons. The Hall–Kier alpha value is -2.62. The molecule has 0 saturated carbocycles. The number of hydrogen-bond donors (Lipinski definition) is 0. The number of nitrogens with zero attached hydrogens (tertiary/aromatic N) is 4. The van der Waals surface area contributed by atoms with E-state index < -0.39 is 0 Å². The van der Waals surface area contributed by atoms with E-state index in [0.717, 1.165) is 42.0 Å². The number of pyridine rings is 2. The molecule has 3 rings (SSSR count). The van der Waals surface area contributed by atoms with Gasteiger partial charge in [0, 0.05) is 36.9 Å². The molecular formula is C20H22N4. The van der Waals surface area contributed by atoms with E-state index in [1.165, 1.54) is 16.7 Å². The van der Waals surface area contributed by atoms with Crippen molar-refractivity contribution in [2.45, 2.75) is 40.0 Å². The van der Waals surface area contributed by atoms with Gasteiger partial charge < -0.3 is 0 Å². The van der Waals surface area contributed by atoms with Gasteiger partial charge in [-0.2, -0.15) is 0 Å². The Balaban J connectivity index is 1.71. The number of aromatic nitrogens is 4. The lowest BCUT2D eigenvalue weighted by Crippen LogP contribution is -2.01. The minimum atomic E-state index is 0.790. The molecule has 0 aromatic carbocycles. The van der Waals surface area contributed by atoms with Crippen LogP contribution in [0.4, 0.5) is 0 Å². The summed E-state index contributed by atoms with van der Waals surface area (Å²) in [4.78, 5) is 17.6. The van der Waals surface area contributed by atoms with Gasteiger partial charge in [-0.05, 0) is 68.0 Å². The van der Waals surface area contributed by atoms with E-state index in [9.17, 15) is 0 Å². The summed E-state index contributed by atoms with van der Waals surface area (Å²) in [5.74, 6) is 0.810. The van der Waals surface area contributed by atoms with Crippen molar-refractivity contribution in [1.29, 1.82) is 0 Å². The average molecular weight is 318 g/mol. The molecule has 4 nitrogen and oxygen atoms in total. The van der Waals surface area contributed by atoms with Gasteiger partial charge in [0.15, 0.2) is 0 Å². The lowest BCUT2D eigenvalue weighted by molar-refractivity contribution is 0.894. The molecule has 0 N–H and O–H groups in total. The van der Waals surface area contributed by atoms with Crippen LogP contribution >= 0.6 is 0 Å². The molecule has 3 heterocycles. The zero-order valence-corrected chi connectivity index (χ0v) is 14.5. The van der Waals surface area contributed by atoms with Crippen LogP contribution in [0.5, 0.6) is 0 Å². The molecule has 0 fully saturated rings. The maximum atomic E-state index is 4.55. The van der Waals surface area contributed by atoms with Gasteiger partial charge >= 0.3 is 0 Å². The molecule has 122 valence electrons. The fourth-order valence-corrected chi connectivity index (χ4v) is 2.73. The third-order valence-electron chi connectivity index (χ3n) is 4.06. The SMILES string of the molecule is Cc1ccnc(CCc2cncc(Cc3nc(C)ncc3C)c2)c1. The van der Waals surface area contributed by atoms with Gasteiger partial charge in [0.2, 0.25) is 0 Å². The Morgan fingerprint density at radius 1 is 0.875 bits per heavy atom. The lowest BCUT2D eigenvalue weighted by Gasteiger charge is -2.07. The quantitative estimate of drug-likeness (QED) is 0.721. The third-order valence-corrected chi connectivity index (χ3v) is 4.06. The maximum absolute atomic E-state index is 4.55. The van der Waals surface area contributed by atoms with E-state index >= 15 is 0 Å². The van der Waals surface area contributed by atoms with Crippen LogP contribution in [0.3, 0.4) is 0 Å². The zero-order valence-electron chi connectivity index (χ0n) is 14.5. The summed E-state index contributed by atoms with van der Waals surface area (Å²) in [5, 5.41) is 0. The van der Waals surface area contributed by atoms with Crippen molar-refractivity contribution in [3.8, 4) is 0 Å². The summed E-state index contributed by atoms with van der Waals surface area (Å²) in [7, 11) is 0. The molecule has 0 bridgehead atoms. The van der Waals surface area contributed by atoms with Crippen molar-refractivity contribution in [2.24, 2.45) is 0 Å². The second kappa shape index (κ2) is 7.30. The number of rotatable bonds is 5. The van der Waals surface area contributed by atoms with Crippen LogP contribution in [0, 0.1) is 20.8 Å². The third kappa shape index (κ3) is 4.22. The molecule has 3 aromatic rings. The Morgan fingerprint density at radius 3 is 2.54 bits per heavy atom. The van der Waals surface area contributed by atoms with Gasteiger partial charge in [-0.25, -0.2) is 9.97 Å². The number of aryl methyl sites for hydroxylation is 5. The Kier molecular flexibility index (Phi) is 4.94. The van der Waals surface area contributed by atoms with Crippen molar-refractivity contribution in [3.63, 3.8) is 0 Å². The second-order valence-corrected chi connectivity index (χ2v) is 6.25. The molecular weight excluding hydrogens is 296 g/mol. The van der Waals surface area contributed by atoms with E-state index in [4.69, 9.17) is 0 Å². The van der Waals surface area contributed by atoms with Gasteiger partial charge in [0.1, 0.15) is 5.82 Å². The van der Waals surface area contributed by atoms with Gasteiger partial charge in [-0.3, -0.25) is 9.97 Å². The summed E-state index contributed by atoms with van der Waals surface area (Å²) in [5.41, 5.74) is 6.99. The molecule has 0 aliphatic carbocycles. The fourth-order valence-electron chi connectivity index (χ4n) is 2.73. The van der Waals surface area contributed by atoms with Crippen molar-refractivity contribution in [3.05, 3.63) is 82.5 Å². The van der Waals surface area contributed by atoms with E-state index in [2.05, 4.69) is 45.9 Å². The van der Waals surface area contributed by atoms with Crippen LogP contribution in [0.1, 0.15) is 39.5 Å². The van der Waals surface area contributed by atoms with Crippen LogP contribution in [-0.2, 0) is 19.3 Å². The predicted molar refractivity (Wildman–Crippen MR) is 94.9 cm³/mol. The van der Waals surface area contributed by atoms with Crippen molar-refractivity contribution in [1.82, 2.24) is 19.9 Å². The van der Waals surface area contributed by atoms with Crippen molar-refractivity contribution < 1.29 is 0 Å². The van der Waals surface area contributed by atoms with E-state index in [1.54, 1.807) is 0 Å². The highest BCUT2D eigenvalue weighted by Gasteiger charge is 2.05. The van der Waals surface area contributed by atoms with Crippen molar-refractivity contribution >= 4 is 0 Å². The predicted octanol–water partition coefficient (Wildman–Crippen LogP) is 3.57. The molecule has 4 heteroatoms. The summed E-state index contributed by atoms with van der Waals surface area (Å²) in [6.45, 7) is 6.07. The summed E-state index contributed by atoms with van der Waals surface area (Å²) in [6, 6.07) is 6.39. The van der Waals surface area contributed by atoms with Gasteiger partial charge in [0.25, 0.3) is 0 Å². The minimum absolute atomic E-state index is 0.790. The van der Waals surface area contributed by atoms with E-state index in [0.29, 0.717) is 0 Å². The Labute approximate surface area is 143 Å². The molecule has 0 atom stereocenters. The van der Waals surface area contributed by atoms with Gasteiger partial charge in [0.05, 0.1) is 5.69 Å². The molecule has 3 aromatic heterocycles. The Morgan fingerprint density at radius 2 is 1.71 bits per heavy atom. The first kappa shape index (κ1) is 16.2. The highest BCUT2D eigenvalue weighted by atomic mass is 14.9. The smallest absolute Gasteiger partial charge is 0.125 e. The fraction of sp³-hybridized carbons (Fsp3) is 0.300. The van der Waals surface area contributed by atoms with Crippen LogP contribution in [0.2, 0.25) is 0 Å². The molecule has 0 aliphatic rings. The lowest BCUT2D eigenvalue weighted by atomic mass is 10.0. The molecule has 0 aliphatic heterocycles. The zero-order chi connectivity index (χ0) is 16.9.